The third-order valence-electron chi connectivity index (χ3n) is 1.05. The van der Waals surface area contributed by atoms with Gasteiger partial charge in [-0.15, -0.1) is 0 Å². The number of hydrogen-bond donors (Lipinski definition) is 1. The molecule has 1 nitrogen and oxygen atoms in total. The summed E-state index contributed by atoms with van der Waals surface area (Å²) < 4.78 is 0. The summed E-state index contributed by atoms with van der Waals surface area (Å²) in [7, 11) is 0. The van der Waals surface area contributed by atoms with Crippen molar-refractivity contribution in [3.05, 3.63) is 6.42 Å². The second-order valence-electron chi connectivity index (χ2n) is 1.62. The Balaban J connectivity index is 0.000000360. The number of nitrogens with one attached hydrogen (secondary N) is 1. The number of hydrogen-bond acceptors (Lipinski definition) is 1. The van der Waals surface area contributed by atoms with Crippen molar-refractivity contribution in [1.82, 2.24) is 5.32 Å². The van der Waals surface area contributed by atoms with Crippen LogP contribution < -0.4 is 74.2 Å². The third-order valence-corrected chi connectivity index (χ3v) is 1.05. The van der Waals surface area contributed by atoms with E-state index < -0.39 is 0 Å². The van der Waals surface area contributed by atoms with Crippen molar-refractivity contribution < 1.29 is 68.9 Å². The minimum absolute atomic E-state index is 0. The molecule has 1 fully saturated rings. The summed E-state index contributed by atoms with van der Waals surface area (Å²) in [6, 6.07) is 0. The van der Waals surface area contributed by atoms with Crippen LogP contribution in [0.25, 0.3) is 0 Å². The van der Waals surface area contributed by atoms with Crippen molar-refractivity contribution in [3.8, 4) is 0 Å². The molecule has 0 aliphatic carbocycles. The van der Waals surface area contributed by atoms with Gasteiger partial charge in [-0.3, -0.25) is 0 Å². The normalized spacial score (nSPS) is 20.6. The second kappa shape index (κ2) is 6.14. The molecule has 0 aromatic carbocycles. The van der Waals surface area contributed by atoms with Gasteiger partial charge in [0.25, 0.3) is 0 Å². The summed E-state index contributed by atoms with van der Waals surface area (Å²) in [5.41, 5.74) is 0. The van der Waals surface area contributed by atoms with E-state index in [-0.39, 0.29) is 68.9 Å². The topological polar surface area (TPSA) is 12.0 Å². The molecular formula is C5H10CsN. The van der Waals surface area contributed by atoms with Gasteiger partial charge in [-0.2, -0.15) is 12.8 Å². The van der Waals surface area contributed by atoms with Gasteiger partial charge < -0.3 is 11.7 Å². The van der Waals surface area contributed by atoms with Crippen LogP contribution in [0.5, 0.6) is 0 Å². The standard InChI is InChI=1S/C5H10N.Cs/c1-2-4-6-5-3-1;/h1,6H,2-5H2;/q-1;+1. The molecule has 36 valence electrons. The zero-order valence-electron chi connectivity index (χ0n) is 4.91. The number of piperidine rings is 1. The molecule has 1 N–H and O–H groups in total. The van der Waals surface area contributed by atoms with Crippen molar-refractivity contribution in [1.29, 1.82) is 0 Å². The molecule has 2 heteroatoms. The average Bonchev–Trinajstić information content (AvgIpc) is 1.72. The van der Waals surface area contributed by atoms with Gasteiger partial charge >= 0.3 is 68.9 Å². The van der Waals surface area contributed by atoms with E-state index in [9.17, 15) is 0 Å². The van der Waals surface area contributed by atoms with Crippen LogP contribution in [0.3, 0.4) is 0 Å². The van der Waals surface area contributed by atoms with Gasteiger partial charge in [0.1, 0.15) is 0 Å². The first-order valence-corrected chi connectivity index (χ1v) is 2.52. The predicted molar refractivity (Wildman–Crippen MR) is 26.4 cm³/mol. The summed E-state index contributed by atoms with van der Waals surface area (Å²) in [6.45, 7) is 2.39. The Morgan fingerprint density at radius 1 is 1.14 bits per heavy atom. The van der Waals surface area contributed by atoms with E-state index in [2.05, 4.69) is 11.7 Å². The third kappa shape index (κ3) is 4.51. The Morgan fingerprint density at radius 3 is 1.86 bits per heavy atom. The average molecular weight is 217 g/mol. The van der Waals surface area contributed by atoms with Crippen LogP contribution in [-0.2, 0) is 0 Å². The van der Waals surface area contributed by atoms with Crippen molar-refractivity contribution in [2.75, 3.05) is 13.1 Å². The molecule has 1 aliphatic heterocycles. The van der Waals surface area contributed by atoms with Gasteiger partial charge in [-0.1, -0.05) is 0 Å². The van der Waals surface area contributed by atoms with Gasteiger partial charge in [0.15, 0.2) is 0 Å². The van der Waals surface area contributed by atoms with E-state index in [1.54, 1.807) is 0 Å². The number of rotatable bonds is 0. The summed E-state index contributed by atoms with van der Waals surface area (Å²) in [6.07, 6.45) is 4.86. The molecule has 0 saturated carbocycles. The Labute approximate surface area is 104 Å². The molecule has 1 saturated heterocycles. The summed E-state index contributed by atoms with van der Waals surface area (Å²) >= 11 is 0. The summed E-state index contributed by atoms with van der Waals surface area (Å²) in [5.74, 6) is 0. The first-order valence-electron chi connectivity index (χ1n) is 2.52. The van der Waals surface area contributed by atoms with Crippen molar-refractivity contribution in [2.45, 2.75) is 12.8 Å². The van der Waals surface area contributed by atoms with Crippen LogP contribution in [0.15, 0.2) is 0 Å². The fourth-order valence-electron chi connectivity index (χ4n) is 0.678. The second-order valence-corrected chi connectivity index (χ2v) is 1.62. The minimum Gasteiger partial charge on any atom is -0.326 e. The Kier molecular flexibility index (Phi) is 7.90. The molecule has 0 spiro atoms. The van der Waals surface area contributed by atoms with E-state index in [0.29, 0.717) is 0 Å². The van der Waals surface area contributed by atoms with Crippen LogP contribution in [0.4, 0.5) is 0 Å². The van der Waals surface area contributed by atoms with E-state index in [4.69, 9.17) is 0 Å². The molecule has 0 aromatic rings. The molecule has 0 atom stereocenters. The Morgan fingerprint density at radius 2 is 1.71 bits per heavy atom. The molecule has 0 amide bonds. The maximum Gasteiger partial charge on any atom is 1.00 e. The predicted octanol–water partition coefficient (Wildman–Crippen LogP) is -2.42. The molecule has 1 aliphatic rings. The van der Waals surface area contributed by atoms with Crippen LogP contribution in [-0.4, -0.2) is 13.1 Å². The quantitative estimate of drug-likeness (QED) is 0.445. The largest absolute Gasteiger partial charge is 1.00 e. The molecule has 1 rings (SSSR count). The maximum absolute atomic E-state index is 3.25. The molecule has 0 aromatic heterocycles. The van der Waals surface area contributed by atoms with E-state index in [1.807, 2.05) is 0 Å². The van der Waals surface area contributed by atoms with Crippen molar-refractivity contribution in [2.24, 2.45) is 0 Å². The zero-order valence-corrected chi connectivity index (χ0v) is 11.2. The smallest absolute Gasteiger partial charge is 0.326 e. The summed E-state index contributed by atoms with van der Waals surface area (Å²) in [4.78, 5) is 0. The molecule has 1 heterocycles. The Hall–Kier alpha value is 2.01. The minimum atomic E-state index is 0. The first kappa shape index (κ1) is 9.01. The van der Waals surface area contributed by atoms with Crippen LogP contribution >= 0.6 is 0 Å². The Bertz CT molecular complexity index is 23.6. The SMILES string of the molecule is [CH-]1CCNCC1.[Cs+]. The van der Waals surface area contributed by atoms with Crippen LogP contribution in [0, 0.1) is 6.42 Å². The van der Waals surface area contributed by atoms with E-state index >= 15 is 0 Å². The fraction of sp³-hybridized carbons (Fsp3) is 0.800. The van der Waals surface area contributed by atoms with Gasteiger partial charge in [0, 0.05) is 0 Å². The van der Waals surface area contributed by atoms with Crippen LogP contribution in [0.1, 0.15) is 12.8 Å². The summed E-state index contributed by atoms with van der Waals surface area (Å²) in [5, 5.41) is 3.25. The van der Waals surface area contributed by atoms with Crippen molar-refractivity contribution in [3.63, 3.8) is 0 Å². The van der Waals surface area contributed by atoms with Crippen molar-refractivity contribution >= 4 is 0 Å². The fourth-order valence-corrected chi connectivity index (χ4v) is 0.678. The molecule has 0 unspecified atom stereocenters. The maximum atomic E-state index is 3.25. The van der Waals surface area contributed by atoms with Gasteiger partial charge in [-0.25, -0.2) is 0 Å². The monoisotopic (exact) mass is 217 g/mol. The first-order chi connectivity index (χ1) is 3.00. The van der Waals surface area contributed by atoms with Gasteiger partial charge in [0.05, 0.1) is 0 Å². The molecular weight excluding hydrogens is 207 g/mol. The van der Waals surface area contributed by atoms with E-state index in [1.165, 1.54) is 25.9 Å². The zero-order chi connectivity index (χ0) is 4.24. The van der Waals surface area contributed by atoms with Gasteiger partial charge in [-0.05, 0) is 13.1 Å². The molecule has 0 bridgehead atoms. The molecule has 7 heavy (non-hydrogen) atoms. The van der Waals surface area contributed by atoms with Gasteiger partial charge in [0.2, 0.25) is 0 Å². The van der Waals surface area contributed by atoms with E-state index in [0.717, 1.165) is 0 Å². The molecule has 0 radical (unpaired) electrons. The van der Waals surface area contributed by atoms with Crippen LogP contribution in [0.2, 0.25) is 0 Å².